The summed E-state index contributed by atoms with van der Waals surface area (Å²) in [4.78, 5) is 5.51. The maximum atomic E-state index is 6.23. The summed E-state index contributed by atoms with van der Waals surface area (Å²) in [6.07, 6.45) is 15.2. The lowest BCUT2D eigenvalue weighted by molar-refractivity contribution is 0.00683. The minimum absolute atomic E-state index is 0.568. The van der Waals surface area contributed by atoms with Crippen molar-refractivity contribution in [1.82, 2.24) is 9.80 Å². The van der Waals surface area contributed by atoms with Crippen LogP contribution in [0.4, 0.5) is 0 Å². The molecule has 3 aliphatic carbocycles. The van der Waals surface area contributed by atoms with Crippen LogP contribution in [0.15, 0.2) is 18.2 Å². The van der Waals surface area contributed by atoms with Crippen LogP contribution in [0.2, 0.25) is 0 Å². The molecule has 1 aromatic carbocycles. The Morgan fingerprint density at radius 2 is 1.88 bits per heavy atom. The molecule has 5 aliphatic rings. The molecule has 0 bridgehead atoms. The molecular formula is C30H46N2O. The van der Waals surface area contributed by atoms with Gasteiger partial charge in [-0.1, -0.05) is 13.0 Å². The van der Waals surface area contributed by atoms with E-state index in [1.54, 1.807) is 11.1 Å². The highest BCUT2D eigenvalue weighted by atomic mass is 16.5. The minimum Gasteiger partial charge on any atom is -0.494 e. The maximum absolute atomic E-state index is 6.23. The predicted molar refractivity (Wildman–Crippen MR) is 136 cm³/mol. The second-order valence-electron chi connectivity index (χ2n) is 12.4. The van der Waals surface area contributed by atoms with Gasteiger partial charge < -0.3 is 9.64 Å². The highest BCUT2D eigenvalue weighted by Crippen LogP contribution is 2.62. The van der Waals surface area contributed by atoms with Gasteiger partial charge >= 0.3 is 0 Å². The molecular weight excluding hydrogens is 404 g/mol. The molecule has 33 heavy (non-hydrogen) atoms. The number of fused-ring (bicyclic) bond motifs is 5. The molecule has 2 aliphatic heterocycles. The molecule has 4 fully saturated rings. The molecule has 0 aromatic heterocycles. The van der Waals surface area contributed by atoms with E-state index in [9.17, 15) is 0 Å². The molecule has 0 radical (unpaired) electrons. The van der Waals surface area contributed by atoms with Crippen LogP contribution in [0.5, 0.6) is 5.75 Å². The normalized spacial score (nSPS) is 38.8. The number of aryl methyl sites for hydroxylation is 1. The fourth-order valence-corrected chi connectivity index (χ4v) is 9.06. The van der Waals surface area contributed by atoms with Crippen LogP contribution in [0.3, 0.4) is 0 Å². The number of ether oxygens (including phenoxy) is 1. The van der Waals surface area contributed by atoms with E-state index in [4.69, 9.17) is 4.74 Å². The summed E-state index contributed by atoms with van der Waals surface area (Å²) in [7, 11) is 0. The molecule has 2 heterocycles. The van der Waals surface area contributed by atoms with Crippen molar-refractivity contribution in [3.63, 3.8) is 0 Å². The van der Waals surface area contributed by atoms with Gasteiger partial charge in [-0.15, -0.1) is 0 Å². The Hall–Kier alpha value is -1.06. The summed E-state index contributed by atoms with van der Waals surface area (Å²) in [6.45, 7) is 11.1. The Kier molecular flexibility index (Phi) is 6.24. The first kappa shape index (κ1) is 22.4. The van der Waals surface area contributed by atoms with E-state index in [1.807, 2.05) is 0 Å². The van der Waals surface area contributed by atoms with Gasteiger partial charge in [0.1, 0.15) is 5.75 Å². The Morgan fingerprint density at radius 3 is 2.70 bits per heavy atom. The van der Waals surface area contributed by atoms with E-state index < -0.39 is 0 Å². The molecule has 3 nitrogen and oxygen atoms in total. The Morgan fingerprint density at radius 1 is 1.00 bits per heavy atom. The average molecular weight is 451 g/mol. The summed E-state index contributed by atoms with van der Waals surface area (Å²) < 4.78 is 6.23. The molecule has 1 aromatic rings. The van der Waals surface area contributed by atoms with Gasteiger partial charge in [-0.2, -0.15) is 0 Å². The molecule has 6 rings (SSSR count). The lowest BCUT2D eigenvalue weighted by Crippen LogP contribution is -2.49. The van der Waals surface area contributed by atoms with E-state index in [1.165, 1.54) is 90.4 Å². The summed E-state index contributed by atoms with van der Waals surface area (Å²) in [6, 6.07) is 8.78. The smallest absolute Gasteiger partial charge is 0.119 e. The van der Waals surface area contributed by atoms with E-state index >= 15 is 0 Å². The Labute approximate surface area is 202 Å². The monoisotopic (exact) mass is 450 g/mol. The van der Waals surface area contributed by atoms with Crippen molar-refractivity contribution in [2.75, 3.05) is 32.8 Å². The van der Waals surface area contributed by atoms with Gasteiger partial charge in [0.15, 0.2) is 0 Å². The van der Waals surface area contributed by atoms with Crippen LogP contribution in [0.1, 0.15) is 95.1 Å². The molecule has 2 saturated heterocycles. The average Bonchev–Trinajstić information content (AvgIpc) is 3.56. The second kappa shape index (κ2) is 9.19. The summed E-state index contributed by atoms with van der Waals surface area (Å²) in [5, 5.41) is 0. The van der Waals surface area contributed by atoms with Crippen molar-refractivity contribution in [1.29, 1.82) is 0 Å². The molecule has 0 spiro atoms. The standard InChI is InChI=1S/C30H46N2O/c1-22-7-5-18-31(22)19-6-20-33-24-9-11-25-23(21-24)8-10-27-26(25)14-15-30(2)28(27)12-13-29(30)32-16-3-4-17-32/h9,11,21-22,26-29H,3-8,10,12-20H2,1-2H3/t22-,26+,27+,28-,29-,30-/m0/s1. The largest absolute Gasteiger partial charge is 0.494 e. The lowest BCUT2D eigenvalue weighted by Gasteiger charge is -2.52. The highest BCUT2D eigenvalue weighted by Gasteiger charge is 2.56. The Balaban J connectivity index is 1.09. The van der Waals surface area contributed by atoms with Gasteiger partial charge in [-0.3, -0.25) is 4.90 Å². The highest BCUT2D eigenvalue weighted by molar-refractivity contribution is 5.40. The van der Waals surface area contributed by atoms with Crippen molar-refractivity contribution in [2.45, 2.75) is 102 Å². The van der Waals surface area contributed by atoms with Crippen molar-refractivity contribution in [2.24, 2.45) is 17.3 Å². The van der Waals surface area contributed by atoms with Gasteiger partial charge in [-0.25, -0.2) is 0 Å². The van der Waals surface area contributed by atoms with Gasteiger partial charge in [0.25, 0.3) is 0 Å². The summed E-state index contributed by atoms with van der Waals surface area (Å²) in [5.74, 6) is 3.77. The van der Waals surface area contributed by atoms with Gasteiger partial charge in [0.2, 0.25) is 0 Å². The number of benzene rings is 1. The van der Waals surface area contributed by atoms with Gasteiger partial charge in [-0.05, 0) is 144 Å². The molecule has 0 amide bonds. The number of nitrogens with zero attached hydrogens (tertiary/aromatic N) is 2. The van der Waals surface area contributed by atoms with Crippen LogP contribution >= 0.6 is 0 Å². The summed E-state index contributed by atoms with van der Waals surface area (Å²) >= 11 is 0. The zero-order valence-corrected chi connectivity index (χ0v) is 21.2. The Bertz CT molecular complexity index is 833. The SMILES string of the molecule is C[C@H]1CCCN1CCCOc1ccc2c(c1)CC[C@@H]1[C@@H]2CC[C@]2(C)[C@@H](N3CCCC3)CC[C@@H]12. The van der Waals surface area contributed by atoms with Crippen LogP contribution < -0.4 is 4.74 Å². The fraction of sp³-hybridized carbons (Fsp3) is 0.800. The first-order chi connectivity index (χ1) is 16.1. The molecule has 3 heteroatoms. The molecule has 182 valence electrons. The van der Waals surface area contributed by atoms with Gasteiger partial charge in [0, 0.05) is 18.6 Å². The topological polar surface area (TPSA) is 15.7 Å². The zero-order chi connectivity index (χ0) is 22.4. The first-order valence-corrected chi connectivity index (χ1v) is 14.4. The maximum Gasteiger partial charge on any atom is 0.119 e. The van der Waals surface area contributed by atoms with Crippen molar-refractivity contribution < 1.29 is 4.74 Å². The van der Waals surface area contributed by atoms with E-state index in [2.05, 4.69) is 41.8 Å². The van der Waals surface area contributed by atoms with Crippen molar-refractivity contribution in [3.8, 4) is 5.75 Å². The van der Waals surface area contributed by atoms with E-state index in [-0.39, 0.29) is 0 Å². The number of hydrogen-bond donors (Lipinski definition) is 0. The second-order valence-corrected chi connectivity index (χ2v) is 12.4. The number of rotatable bonds is 6. The third-order valence-corrected chi connectivity index (χ3v) is 10.8. The molecule has 0 N–H and O–H groups in total. The van der Waals surface area contributed by atoms with Gasteiger partial charge in [0.05, 0.1) is 6.61 Å². The van der Waals surface area contributed by atoms with Crippen LogP contribution in [-0.4, -0.2) is 54.7 Å². The third-order valence-electron chi connectivity index (χ3n) is 10.8. The number of likely N-dealkylation sites (tertiary alicyclic amines) is 2. The lowest BCUT2D eigenvalue weighted by atomic mass is 9.55. The zero-order valence-electron chi connectivity index (χ0n) is 21.2. The van der Waals surface area contributed by atoms with E-state index in [0.717, 1.165) is 48.6 Å². The molecule has 0 unspecified atom stereocenters. The molecule has 6 atom stereocenters. The third kappa shape index (κ3) is 4.05. The van der Waals surface area contributed by atoms with Crippen LogP contribution in [0, 0.1) is 17.3 Å². The quantitative estimate of drug-likeness (QED) is 0.476. The van der Waals surface area contributed by atoms with Crippen molar-refractivity contribution >= 4 is 0 Å². The molecule has 2 saturated carbocycles. The minimum atomic E-state index is 0.568. The first-order valence-electron chi connectivity index (χ1n) is 14.4. The van der Waals surface area contributed by atoms with Crippen LogP contribution in [-0.2, 0) is 6.42 Å². The predicted octanol–water partition coefficient (Wildman–Crippen LogP) is 6.26. The van der Waals surface area contributed by atoms with Crippen LogP contribution in [0.25, 0.3) is 0 Å². The van der Waals surface area contributed by atoms with E-state index in [0.29, 0.717) is 5.41 Å². The fourth-order valence-electron chi connectivity index (χ4n) is 9.06. The summed E-state index contributed by atoms with van der Waals surface area (Å²) in [5.41, 5.74) is 3.84. The number of hydrogen-bond acceptors (Lipinski definition) is 3. The van der Waals surface area contributed by atoms with Crippen molar-refractivity contribution in [3.05, 3.63) is 29.3 Å².